The van der Waals surface area contributed by atoms with Gasteiger partial charge < -0.3 is 19.5 Å². The summed E-state index contributed by atoms with van der Waals surface area (Å²) in [6, 6.07) is 7.52. The first-order valence-corrected chi connectivity index (χ1v) is 5.32. The molecule has 16 heavy (non-hydrogen) atoms. The molecule has 1 N–H and O–H groups in total. The molecule has 0 atom stereocenters. The van der Waals surface area contributed by atoms with Gasteiger partial charge in [0.25, 0.3) is 0 Å². The van der Waals surface area contributed by atoms with Crippen LogP contribution >= 0.6 is 0 Å². The molecule has 0 bridgehead atoms. The number of methoxy groups -OCH3 is 1. The molecular formula is C12H19NO3. The third-order valence-corrected chi connectivity index (χ3v) is 2.26. The van der Waals surface area contributed by atoms with Crippen LogP contribution in [0.2, 0.25) is 0 Å². The standard InChI is InChI=1S/C12H19NO3/c1-13(6-8-14)7-9-16-12-5-3-4-11(10-12)15-2/h3-5,10,14H,6-9H2,1-2H3. The number of benzene rings is 1. The summed E-state index contributed by atoms with van der Waals surface area (Å²) in [4.78, 5) is 2.01. The Hall–Kier alpha value is -1.26. The fourth-order valence-electron chi connectivity index (χ4n) is 1.29. The van der Waals surface area contributed by atoms with Crippen LogP contribution in [0.1, 0.15) is 0 Å². The third-order valence-electron chi connectivity index (χ3n) is 2.26. The van der Waals surface area contributed by atoms with Gasteiger partial charge in [-0.25, -0.2) is 0 Å². The average Bonchev–Trinajstić information content (AvgIpc) is 2.30. The minimum Gasteiger partial charge on any atom is -0.497 e. The van der Waals surface area contributed by atoms with Gasteiger partial charge in [-0.05, 0) is 19.2 Å². The first kappa shape index (κ1) is 12.8. The van der Waals surface area contributed by atoms with Gasteiger partial charge >= 0.3 is 0 Å². The number of rotatable bonds is 7. The Balaban J connectivity index is 2.31. The number of aliphatic hydroxyl groups is 1. The molecule has 0 fully saturated rings. The fourth-order valence-corrected chi connectivity index (χ4v) is 1.29. The minimum atomic E-state index is 0.176. The maximum atomic E-state index is 8.72. The number of nitrogens with zero attached hydrogens (tertiary/aromatic N) is 1. The number of ether oxygens (including phenoxy) is 2. The zero-order chi connectivity index (χ0) is 11.8. The van der Waals surface area contributed by atoms with E-state index in [1.54, 1.807) is 7.11 Å². The molecule has 0 saturated heterocycles. The van der Waals surface area contributed by atoms with Crippen molar-refractivity contribution in [1.82, 2.24) is 4.90 Å². The second kappa shape index (κ2) is 7.09. The summed E-state index contributed by atoms with van der Waals surface area (Å²) < 4.78 is 10.7. The van der Waals surface area contributed by atoms with Crippen molar-refractivity contribution >= 4 is 0 Å². The quantitative estimate of drug-likeness (QED) is 0.751. The lowest BCUT2D eigenvalue weighted by molar-refractivity contribution is 0.192. The Labute approximate surface area is 96.4 Å². The summed E-state index contributed by atoms with van der Waals surface area (Å²) in [7, 11) is 3.58. The zero-order valence-electron chi connectivity index (χ0n) is 9.85. The average molecular weight is 225 g/mol. The van der Waals surface area contributed by atoms with Crippen molar-refractivity contribution in [3.05, 3.63) is 24.3 Å². The van der Waals surface area contributed by atoms with Crippen LogP contribution in [0.5, 0.6) is 11.5 Å². The number of likely N-dealkylation sites (N-methyl/N-ethyl adjacent to an activating group) is 1. The van der Waals surface area contributed by atoms with E-state index in [1.807, 2.05) is 36.2 Å². The van der Waals surface area contributed by atoms with Crippen molar-refractivity contribution in [2.45, 2.75) is 0 Å². The fraction of sp³-hybridized carbons (Fsp3) is 0.500. The summed E-state index contributed by atoms with van der Waals surface area (Å²) in [6.07, 6.45) is 0. The van der Waals surface area contributed by atoms with Gasteiger partial charge in [0.15, 0.2) is 0 Å². The van der Waals surface area contributed by atoms with Crippen LogP contribution in [0, 0.1) is 0 Å². The number of hydrogen-bond donors (Lipinski definition) is 1. The van der Waals surface area contributed by atoms with E-state index >= 15 is 0 Å². The summed E-state index contributed by atoms with van der Waals surface area (Å²) in [5.74, 6) is 1.60. The van der Waals surface area contributed by atoms with Crippen molar-refractivity contribution in [2.75, 3.05) is 40.5 Å². The minimum absolute atomic E-state index is 0.176. The first-order chi connectivity index (χ1) is 7.76. The van der Waals surface area contributed by atoms with E-state index in [2.05, 4.69) is 0 Å². The van der Waals surface area contributed by atoms with E-state index in [0.29, 0.717) is 13.2 Å². The van der Waals surface area contributed by atoms with Crippen molar-refractivity contribution in [3.63, 3.8) is 0 Å². The van der Waals surface area contributed by atoms with E-state index in [1.165, 1.54) is 0 Å². The van der Waals surface area contributed by atoms with Crippen LogP contribution in [0.4, 0.5) is 0 Å². The van der Waals surface area contributed by atoms with Gasteiger partial charge in [-0.2, -0.15) is 0 Å². The predicted octanol–water partition coefficient (Wildman–Crippen LogP) is 0.998. The molecule has 1 aromatic rings. The molecule has 1 aromatic carbocycles. The molecule has 0 amide bonds. The van der Waals surface area contributed by atoms with Crippen molar-refractivity contribution in [1.29, 1.82) is 0 Å². The van der Waals surface area contributed by atoms with Gasteiger partial charge in [-0.15, -0.1) is 0 Å². The molecule has 0 aromatic heterocycles. The van der Waals surface area contributed by atoms with Crippen LogP contribution in [0.15, 0.2) is 24.3 Å². The molecule has 0 aliphatic carbocycles. The highest BCUT2D eigenvalue weighted by molar-refractivity contribution is 5.32. The summed E-state index contributed by atoms with van der Waals surface area (Å²) >= 11 is 0. The molecular weight excluding hydrogens is 206 g/mol. The van der Waals surface area contributed by atoms with Crippen LogP contribution in [-0.2, 0) is 0 Å². The Bertz CT molecular complexity index is 304. The van der Waals surface area contributed by atoms with E-state index < -0.39 is 0 Å². The molecule has 4 nitrogen and oxygen atoms in total. The lowest BCUT2D eigenvalue weighted by atomic mass is 10.3. The van der Waals surface area contributed by atoms with E-state index in [0.717, 1.165) is 18.0 Å². The second-order valence-electron chi connectivity index (χ2n) is 3.55. The third kappa shape index (κ3) is 4.51. The smallest absolute Gasteiger partial charge is 0.123 e. The molecule has 0 radical (unpaired) electrons. The zero-order valence-corrected chi connectivity index (χ0v) is 9.85. The Morgan fingerprint density at radius 2 is 2.00 bits per heavy atom. The molecule has 0 heterocycles. The highest BCUT2D eigenvalue weighted by atomic mass is 16.5. The van der Waals surface area contributed by atoms with Crippen LogP contribution in [0.3, 0.4) is 0 Å². The van der Waals surface area contributed by atoms with Crippen molar-refractivity contribution < 1.29 is 14.6 Å². The maximum absolute atomic E-state index is 8.72. The summed E-state index contributed by atoms with van der Waals surface area (Å²) in [5, 5.41) is 8.72. The van der Waals surface area contributed by atoms with Crippen molar-refractivity contribution in [2.24, 2.45) is 0 Å². The lowest BCUT2D eigenvalue weighted by Crippen LogP contribution is -2.27. The lowest BCUT2D eigenvalue weighted by Gasteiger charge is -2.15. The largest absolute Gasteiger partial charge is 0.497 e. The normalized spacial score (nSPS) is 10.5. The molecule has 0 saturated carbocycles. The Morgan fingerprint density at radius 3 is 2.69 bits per heavy atom. The van der Waals surface area contributed by atoms with Crippen LogP contribution in [-0.4, -0.2) is 50.5 Å². The molecule has 0 spiro atoms. The van der Waals surface area contributed by atoms with Gasteiger partial charge in [0.2, 0.25) is 0 Å². The van der Waals surface area contributed by atoms with Gasteiger partial charge in [0, 0.05) is 19.2 Å². The Morgan fingerprint density at radius 1 is 1.25 bits per heavy atom. The molecule has 90 valence electrons. The maximum Gasteiger partial charge on any atom is 0.123 e. The highest BCUT2D eigenvalue weighted by Gasteiger charge is 1.99. The highest BCUT2D eigenvalue weighted by Crippen LogP contribution is 2.18. The van der Waals surface area contributed by atoms with Gasteiger partial charge in [-0.1, -0.05) is 6.07 Å². The monoisotopic (exact) mass is 225 g/mol. The number of aliphatic hydroxyl groups excluding tert-OH is 1. The first-order valence-electron chi connectivity index (χ1n) is 5.32. The van der Waals surface area contributed by atoms with Gasteiger partial charge in [-0.3, -0.25) is 0 Å². The topological polar surface area (TPSA) is 41.9 Å². The summed E-state index contributed by atoms with van der Waals surface area (Å²) in [6.45, 7) is 2.23. The van der Waals surface area contributed by atoms with Gasteiger partial charge in [0.1, 0.15) is 18.1 Å². The number of hydrogen-bond acceptors (Lipinski definition) is 4. The van der Waals surface area contributed by atoms with Crippen LogP contribution in [0.25, 0.3) is 0 Å². The van der Waals surface area contributed by atoms with E-state index in [4.69, 9.17) is 14.6 Å². The molecule has 0 unspecified atom stereocenters. The SMILES string of the molecule is COc1cccc(OCCN(C)CCO)c1. The molecule has 0 aliphatic heterocycles. The Kier molecular flexibility index (Phi) is 5.67. The van der Waals surface area contributed by atoms with Crippen LogP contribution < -0.4 is 9.47 Å². The molecule has 0 aliphatic rings. The van der Waals surface area contributed by atoms with Gasteiger partial charge in [0.05, 0.1) is 13.7 Å². The van der Waals surface area contributed by atoms with Crippen molar-refractivity contribution in [3.8, 4) is 11.5 Å². The summed E-state index contributed by atoms with van der Waals surface area (Å²) in [5.41, 5.74) is 0. The second-order valence-corrected chi connectivity index (χ2v) is 3.55. The molecule has 1 rings (SSSR count). The predicted molar refractivity (Wildman–Crippen MR) is 63.1 cm³/mol. The van der Waals surface area contributed by atoms with E-state index in [-0.39, 0.29) is 6.61 Å². The van der Waals surface area contributed by atoms with E-state index in [9.17, 15) is 0 Å². The molecule has 4 heteroatoms.